The van der Waals surface area contributed by atoms with Crippen molar-refractivity contribution in [3.05, 3.63) is 16.3 Å². The Balaban J connectivity index is 3.06. The molecule has 0 amide bonds. The molecule has 2 atom stereocenters. The molecule has 1 fully saturated rings. The maximum absolute atomic E-state index is 10.9. The molecule has 1 N–H and O–H groups in total. The monoisotopic (exact) mass is 374 g/mol. The Bertz CT molecular complexity index is 432. The van der Waals surface area contributed by atoms with Crippen LogP contribution in [0.2, 0.25) is 18.1 Å². The van der Waals surface area contributed by atoms with Crippen LogP contribution in [0.1, 0.15) is 54.4 Å². The molecular weight excluding hydrogens is 344 g/mol. The summed E-state index contributed by atoms with van der Waals surface area (Å²) < 4.78 is 6.56. The molecule has 0 aromatic heterocycles. The SMILES string of the molecule is CC1(C)C[C@H](O[Si](C)(C)C(C)(C)C)C[C@@](C)(O)C1=C=CBr. The van der Waals surface area contributed by atoms with Crippen molar-refractivity contribution in [1.29, 1.82) is 0 Å². The van der Waals surface area contributed by atoms with Crippen molar-refractivity contribution in [3.8, 4) is 0 Å². The van der Waals surface area contributed by atoms with Gasteiger partial charge in [0.2, 0.25) is 0 Å². The summed E-state index contributed by atoms with van der Waals surface area (Å²) in [5, 5.41) is 11.1. The fourth-order valence-electron chi connectivity index (χ4n) is 3.10. The summed E-state index contributed by atoms with van der Waals surface area (Å²) in [5.41, 5.74) is 3.18. The van der Waals surface area contributed by atoms with Crippen molar-refractivity contribution in [2.45, 2.75) is 84.2 Å². The van der Waals surface area contributed by atoms with Gasteiger partial charge >= 0.3 is 0 Å². The Kier molecular flexibility index (Phi) is 5.46. The van der Waals surface area contributed by atoms with E-state index in [9.17, 15) is 5.11 Å². The van der Waals surface area contributed by atoms with Gasteiger partial charge in [0.05, 0.1) is 5.60 Å². The summed E-state index contributed by atoms with van der Waals surface area (Å²) in [4.78, 5) is 1.72. The van der Waals surface area contributed by atoms with Crippen molar-refractivity contribution in [2.24, 2.45) is 5.41 Å². The Hall–Kier alpha value is 0.137. The Labute approximate surface area is 139 Å². The highest BCUT2D eigenvalue weighted by molar-refractivity contribution is 9.11. The van der Waals surface area contributed by atoms with Crippen LogP contribution in [0.3, 0.4) is 0 Å². The second-order valence-corrected chi connectivity index (χ2v) is 13.9. The van der Waals surface area contributed by atoms with E-state index >= 15 is 0 Å². The standard InChI is InChI=1S/C17H31BrO2Si/c1-15(2,3)21(7,8)20-13-11-16(4,5)14(9-10-18)17(6,19)12-13/h10,13,19H,11-12H2,1-8H3/t9?,13-,17+/m0/s1. The molecule has 4 heteroatoms. The predicted molar refractivity (Wildman–Crippen MR) is 96.2 cm³/mol. The number of rotatable bonds is 2. The van der Waals surface area contributed by atoms with E-state index in [2.05, 4.69) is 69.4 Å². The normalized spacial score (nSPS) is 30.0. The molecule has 0 spiro atoms. The van der Waals surface area contributed by atoms with Crippen LogP contribution in [0, 0.1) is 5.41 Å². The Morgan fingerprint density at radius 3 is 2.19 bits per heavy atom. The van der Waals surface area contributed by atoms with Gasteiger partial charge in [0, 0.05) is 23.1 Å². The van der Waals surface area contributed by atoms with Crippen LogP contribution in [0.4, 0.5) is 0 Å². The number of hydrogen-bond acceptors (Lipinski definition) is 2. The summed E-state index contributed by atoms with van der Waals surface area (Å²) in [5.74, 6) is 0. The molecule has 1 rings (SSSR count). The molecule has 2 nitrogen and oxygen atoms in total. The first-order chi connectivity index (χ1) is 9.23. The Morgan fingerprint density at radius 1 is 1.29 bits per heavy atom. The molecule has 1 saturated carbocycles. The largest absolute Gasteiger partial charge is 0.414 e. The average Bonchev–Trinajstić information content (AvgIpc) is 2.19. The van der Waals surface area contributed by atoms with Crippen molar-refractivity contribution < 1.29 is 9.53 Å². The quantitative estimate of drug-likeness (QED) is 0.519. The fourth-order valence-corrected chi connectivity index (χ4v) is 4.68. The molecule has 0 aliphatic heterocycles. The van der Waals surface area contributed by atoms with Gasteiger partial charge in [-0.25, -0.2) is 0 Å². The lowest BCUT2D eigenvalue weighted by atomic mass is 9.65. The lowest BCUT2D eigenvalue weighted by Crippen LogP contribution is -2.51. The van der Waals surface area contributed by atoms with Gasteiger partial charge in [0.25, 0.3) is 0 Å². The first kappa shape index (κ1) is 19.2. The molecule has 0 heterocycles. The highest BCUT2D eigenvalue weighted by Gasteiger charge is 2.48. The van der Waals surface area contributed by atoms with E-state index in [1.54, 1.807) is 4.99 Å². The molecule has 0 unspecified atom stereocenters. The molecule has 122 valence electrons. The molecular formula is C17H31BrO2Si. The maximum Gasteiger partial charge on any atom is 0.192 e. The zero-order valence-corrected chi connectivity index (χ0v) is 17.4. The van der Waals surface area contributed by atoms with Crippen LogP contribution in [0.15, 0.2) is 16.3 Å². The topological polar surface area (TPSA) is 29.5 Å². The van der Waals surface area contributed by atoms with E-state index < -0.39 is 13.9 Å². The van der Waals surface area contributed by atoms with Crippen LogP contribution in [0.25, 0.3) is 0 Å². The van der Waals surface area contributed by atoms with Crippen molar-refractivity contribution in [1.82, 2.24) is 0 Å². The summed E-state index contributed by atoms with van der Waals surface area (Å²) >= 11 is 3.29. The van der Waals surface area contributed by atoms with E-state index in [-0.39, 0.29) is 16.6 Å². The predicted octanol–water partition coefficient (Wildman–Crippen LogP) is 5.38. The Morgan fingerprint density at radius 2 is 1.81 bits per heavy atom. The zero-order chi connectivity index (χ0) is 16.7. The van der Waals surface area contributed by atoms with Crippen LogP contribution in [-0.2, 0) is 4.43 Å². The number of aliphatic hydroxyl groups is 1. The third kappa shape index (κ3) is 4.32. The van der Waals surface area contributed by atoms with Gasteiger partial charge in [-0.15, -0.1) is 5.73 Å². The van der Waals surface area contributed by atoms with Gasteiger partial charge in [-0.1, -0.05) is 50.5 Å². The van der Waals surface area contributed by atoms with Crippen molar-refractivity contribution in [2.75, 3.05) is 0 Å². The van der Waals surface area contributed by atoms with Crippen LogP contribution >= 0.6 is 15.9 Å². The summed E-state index contributed by atoms with van der Waals surface area (Å²) in [6.07, 6.45) is 1.68. The summed E-state index contributed by atoms with van der Waals surface area (Å²) in [6.45, 7) is 17.5. The highest BCUT2D eigenvalue weighted by atomic mass is 79.9. The molecule has 0 aromatic carbocycles. The molecule has 1 aliphatic rings. The maximum atomic E-state index is 10.9. The third-order valence-electron chi connectivity index (χ3n) is 5.04. The van der Waals surface area contributed by atoms with Gasteiger partial charge in [-0.2, -0.15) is 0 Å². The summed E-state index contributed by atoms with van der Waals surface area (Å²) in [6, 6.07) is 0. The van der Waals surface area contributed by atoms with E-state index in [1.807, 2.05) is 6.92 Å². The minimum absolute atomic E-state index is 0.108. The first-order valence-corrected chi connectivity index (χ1v) is 11.5. The molecule has 1 aliphatic carbocycles. The molecule has 21 heavy (non-hydrogen) atoms. The van der Waals surface area contributed by atoms with Gasteiger partial charge in [-0.05, 0) is 36.9 Å². The van der Waals surface area contributed by atoms with Gasteiger partial charge in [0.1, 0.15) is 0 Å². The fraction of sp³-hybridized carbons (Fsp3) is 0.824. The van der Waals surface area contributed by atoms with E-state index in [0.717, 1.165) is 12.0 Å². The van der Waals surface area contributed by atoms with E-state index in [4.69, 9.17) is 4.43 Å². The molecule has 0 aromatic rings. The second kappa shape index (κ2) is 5.97. The lowest BCUT2D eigenvalue weighted by Gasteiger charge is -2.48. The molecule has 0 bridgehead atoms. The van der Waals surface area contributed by atoms with Gasteiger partial charge in [-0.3, -0.25) is 0 Å². The third-order valence-corrected chi connectivity index (χ3v) is 9.81. The van der Waals surface area contributed by atoms with Crippen LogP contribution < -0.4 is 0 Å². The molecule has 0 radical (unpaired) electrons. The van der Waals surface area contributed by atoms with Crippen molar-refractivity contribution in [3.63, 3.8) is 0 Å². The summed E-state index contributed by atoms with van der Waals surface area (Å²) in [7, 11) is -1.82. The zero-order valence-electron chi connectivity index (χ0n) is 14.8. The van der Waals surface area contributed by atoms with Gasteiger partial charge < -0.3 is 9.53 Å². The smallest absolute Gasteiger partial charge is 0.192 e. The van der Waals surface area contributed by atoms with Crippen LogP contribution in [-0.4, -0.2) is 25.1 Å². The van der Waals surface area contributed by atoms with E-state index in [1.165, 1.54) is 0 Å². The second-order valence-electron chi connectivity index (χ2n) is 8.69. The minimum atomic E-state index is -1.82. The average molecular weight is 375 g/mol. The first-order valence-electron chi connectivity index (χ1n) is 7.69. The lowest BCUT2D eigenvalue weighted by molar-refractivity contribution is -0.0218. The van der Waals surface area contributed by atoms with Crippen molar-refractivity contribution >= 4 is 24.2 Å². The number of halogens is 1. The minimum Gasteiger partial charge on any atom is -0.414 e. The molecule has 0 saturated heterocycles. The van der Waals surface area contributed by atoms with E-state index in [0.29, 0.717) is 6.42 Å². The highest BCUT2D eigenvalue weighted by Crippen LogP contribution is 2.48. The van der Waals surface area contributed by atoms with Crippen LogP contribution in [0.5, 0.6) is 0 Å². The van der Waals surface area contributed by atoms with Gasteiger partial charge in [0.15, 0.2) is 8.32 Å². The number of hydrogen-bond donors (Lipinski definition) is 1.